The van der Waals surface area contributed by atoms with Gasteiger partial charge in [0, 0.05) is 5.56 Å². The maximum atomic E-state index is 11.0. The normalized spacial score (nSPS) is 17.5. The van der Waals surface area contributed by atoms with Crippen LogP contribution in [-0.4, -0.2) is 6.29 Å². The molecule has 2 bridgehead atoms. The molecule has 3 rings (SSSR count). The van der Waals surface area contributed by atoms with Crippen molar-refractivity contribution in [2.75, 3.05) is 0 Å². The second kappa shape index (κ2) is 5.83. The van der Waals surface area contributed by atoms with Gasteiger partial charge in [-0.15, -0.1) is 0 Å². The Hall–Kier alpha value is -1.11. The minimum absolute atomic E-state index is 0.915. The molecule has 1 aromatic carbocycles. The largest absolute Gasteiger partial charge is 0.298 e. The summed E-state index contributed by atoms with van der Waals surface area (Å²) in [5, 5.41) is 0. The van der Waals surface area contributed by atoms with Crippen molar-refractivity contribution in [1.82, 2.24) is 0 Å². The first-order valence-electron chi connectivity index (χ1n) is 6.47. The van der Waals surface area contributed by atoms with Crippen LogP contribution in [0.5, 0.6) is 0 Å². The van der Waals surface area contributed by atoms with Crippen molar-refractivity contribution in [3.05, 3.63) is 34.9 Å². The monoisotopic (exact) mass is 216 g/mol. The minimum Gasteiger partial charge on any atom is -0.298 e. The number of carbonyl (C=O) groups is 1. The van der Waals surface area contributed by atoms with Gasteiger partial charge in [0.15, 0.2) is 0 Å². The van der Waals surface area contributed by atoms with E-state index in [1.165, 1.54) is 49.7 Å². The molecule has 1 nitrogen and oxygen atoms in total. The van der Waals surface area contributed by atoms with E-state index < -0.39 is 0 Å². The second-order valence-corrected chi connectivity index (χ2v) is 4.77. The van der Waals surface area contributed by atoms with Gasteiger partial charge >= 0.3 is 0 Å². The van der Waals surface area contributed by atoms with E-state index in [1.807, 2.05) is 0 Å². The van der Waals surface area contributed by atoms with Gasteiger partial charge in [-0.05, 0) is 42.9 Å². The fourth-order valence-electron chi connectivity index (χ4n) is 2.49. The van der Waals surface area contributed by atoms with Crippen LogP contribution in [0.15, 0.2) is 18.2 Å². The molecule has 0 N–H and O–H groups in total. The number of aldehydes is 1. The first-order valence-corrected chi connectivity index (χ1v) is 6.47. The number of rotatable bonds is 1. The quantitative estimate of drug-likeness (QED) is 0.650. The summed E-state index contributed by atoms with van der Waals surface area (Å²) in [7, 11) is 0. The average molecular weight is 216 g/mol. The molecule has 16 heavy (non-hydrogen) atoms. The standard InChI is InChI=1S/C15H20O/c16-12-15-11-13-7-5-3-1-2-4-6-8-14(15)10-9-13/h9-12H,1-8H2. The highest BCUT2D eigenvalue weighted by Crippen LogP contribution is 2.18. The molecule has 0 unspecified atom stereocenters. The van der Waals surface area contributed by atoms with Crippen molar-refractivity contribution in [2.24, 2.45) is 0 Å². The van der Waals surface area contributed by atoms with Gasteiger partial charge in [-0.25, -0.2) is 0 Å². The van der Waals surface area contributed by atoms with Gasteiger partial charge in [0.2, 0.25) is 0 Å². The van der Waals surface area contributed by atoms with E-state index >= 15 is 0 Å². The highest BCUT2D eigenvalue weighted by atomic mass is 16.1. The van der Waals surface area contributed by atoms with Crippen molar-refractivity contribution in [3.8, 4) is 0 Å². The van der Waals surface area contributed by atoms with Crippen LogP contribution in [0.25, 0.3) is 0 Å². The highest BCUT2D eigenvalue weighted by molar-refractivity contribution is 5.77. The van der Waals surface area contributed by atoms with Gasteiger partial charge in [0.1, 0.15) is 6.29 Å². The Bertz CT molecular complexity index is 354. The van der Waals surface area contributed by atoms with E-state index in [9.17, 15) is 4.79 Å². The van der Waals surface area contributed by atoms with Crippen molar-refractivity contribution in [3.63, 3.8) is 0 Å². The Balaban J connectivity index is 2.20. The number of hydrogen-bond acceptors (Lipinski definition) is 1. The zero-order valence-electron chi connectivity index (χ0n) is 9.87. The number of carbonyl (C=O) groups excluding carboxylic acids is 1. The predicted octanol–water partition coefficient (Wildman–Crippen LogP) is 3.94. The Morgan fingerprint density at radius 2 is 1.56 bits per heavy atom. The second-order valence-electron chi connectivity index (χ2n) is 4.77. The molecule has 0 aromatic heterocycles. The van der Waals surface area contributed by atoms with Crippen molar-refractivity contribution < 1.29 is 4.79 Å². The third-order valence-electron chi connectivity index (χ3n) is 3.50. The molecule has 2 aliphatic carbocycles. The van der Waals surface area contributed by atoms with Crippen LogP contribution in [0, 0.1) is 0 Å². The van der Waals surface area contributed by atoms with Crippen LogP contribution >= 0.6 is 0 Å². The lowest BCUT2D eigenvalue weighted by Crippen LogP contribution is -1.97. The van der Waals surface area contributed by atoms with E-state index in [4.69, 9.17) is 0 Å². The first-order chi connectivity index (χ1) is 7.90. The summed E-state index contributed by atoms with van der Waals surface area (Å²) >= 11 is 0. The van der Waals surface area contributed by atoms with Gasteiger partial charge < -0.3 is 0 Å². The van der Waals surface area contributed by atoms with E-state index in [1.54, 1.807) is 0 Å². The number of hydrogen-bond donors (Lipinski definition) is 0. The van der Waals surface area contributed by atoms with Gasteiger partial charge in [0.25, 0.3) is 0 Å². The summed E-state index contributed by atoms with van der Waals surface area (Å²) < 4.78 is 0. The topological polar surface area (TPSA) is 17.1 Å². The third kappa shape index (κ3) is 2.94. The lowest BCUT2D eigenvalue weighted by atomic mass is 9.95. The van der Waals surface area contributed by atoms with E-state index in [0.717, 1.165) is 24.7 Å². The molecule has 0 fully saturated rings. The minimum atomic E-state index is 0.915. The SMILES string of the molecule is O=Cc1cc2ccc1CCCCCCCC2. The third-order valence-corrected chi connectivity index (χ3v) is 3.50. The summed E-state index contributed by atoms with van der Waals surface area (Å²) in [6.45, 7) is 0. The highest BCUT2D eigenvalue weighted by Gasteiger charge is 2.05. The maximum Gasteiger partial charge on any atom is 0.150 e. The molecular weight excluding hydrogens is 196 g/mol. The Morgan fingerprint density at radius 3 is 2.31 bits per heavy atom. The molecular formula is C15H20O. The molecule has 0 heterocycles. The van der Waals surface area contributed by atoms with Crippen molar-refractivity contribution in [2.45, 2.75) is 51.4 Å². The maximum absolute atomic E-state index is 11.0. The fourth-order valence-corrected chi connectivity index (χ4v) is 2.49. The smallest absolute Gasteiger partial charge is 0.150 e. The Kier molecular flexibility index (Phi) is 4.15. The molecule has 0 saturated heterocycles. The summed E-state index contributed by atoms with van der Waals surface area (Å²) in [6.07, 6.45) is 11.1. The molecule has 0 aliphatic heterocycles. The molecule has 0 amide bonds. The van der Waals surface area contributed by atoms with E-state index in [-0.39, 0.29) is 0 Å². The van der Waals surface area contributed by atoms with Crippen LogP contribution in [0.4, 0.5) is 0 Å². The molecule has 0 spiro atoms. The van der Waals surface area contributed by atoms with Crippen LogP contribution < -0.4 is 0 Å². The van der Waals surface area contributed by atoms with Gasteiger partial charge in [-0.2, -0.15) is 0 Å². The average Bonchev–Trinajstić information content (AvgIpc) is 2.30. The lowest BCUT2D eigenvalue weighted by Gasteiger charge is -2.10. The van der Waals surface area contributed by atoms with Gasteiger partial charge in [-0.3, -0.25) is 4.79 Å². The zero-order chi connectivity index (χ0) is 11.2. The van der Waals surface area contributed by atoms with Crippen LogP contribution in [0.1, 0.15) is 60.0 Å². The predicted molar refractivity (Wildman–Crippen MR) is 66.9 cm³/mol. The molecule has 1 aromatic rings. The molecule has 86 valence electrons. The van der Waals surface area contributed by atoms with Crippen molar-refractivity contribution >= 4 is 6.29 Å². The summed E-state index contributed by atoms with van der Waals surface area (Å²) in [4.78, 5) is 11.0. The number of fused-ring (bicyclic) bond motifs is 9. The molecule has 0 atom stereocenters. The van der Waals surface area contributed by atoms with Gasteiger partial charge in [-0.1, -0.05) is 37.8 Å². The summed E-state index contributed by atoms with van der Waals surface area (Å²) in [5.41, 5.74) is 3.48. The number of benzene rings is 1. The Labute approximate surface area is 97.9 Å². The van der Waals surface area contributed by atoms with Crippen molar-refractivity contribution in [1.29, 1.82) is 0 Å². The summed E-state index contributed by atoms with van der Waals surface area (Å²) in [5.74, 6) is 0. The zero-order valence-corrected chi connectivity index (χ0v) is 9.87. The van der Waals surface area contributed by atoms with Gasteiger partial charge in [0.05, 0.1) is 0 Å². The molecule has 0 radical (unpaired) electrons. The lowest BCUT2D eigenvalue weighted by molar-refractivity contribution is 0.112. The van der Waals surface area contributed by atoms with E-state index in [0.29, 0.717) is 0 Å². The van der Waals surface area contributed by atoms with Crippen LogP contribution in [0.3, 0.4) is 0 Å². The summed E-state index contributed by atoms with van der Waals surface area (Å²) in [6, 6.07) is 6.44. The van der Waals surface area contributed by atoms with E-state index in [2.05, 4.69) is 18.2 Å². The molecule has 1 heteroatoms. The fraction of sp³-hybridized carbons (Fsp3) is 0.533. The Morgan fingerprint density at radius 1 is 0.875 bits per heavy atom. The first kappa shape index (κ1) is 11.4. The molecule has 0 saturated carbocycles. The number of aryl methyl sites for hydroxylation is 2. The van der Waals surface area contributed by atoms with Crippen LogP contribution in [0.2, 0.25) is 0 Å². The van der Waals surface area contributed by atoms with Crippen LogP contribution in [-0.2, 0) is 12.8 Å². The molecule has 2 aliphatic rings.